The summed E-state index contributed by atoms with van der Waals surface area (Å²) in [6.45, 7) is 6.53. The molecule has 0 radical (unpaired) electrons. The monoisotopic (exact) mass is 251 g/mol. The van der Waals surface area contributed by atoms with Crippen LogP contribution in [-0.2, 0) is 6.54 Å². The summed E-state index contributed by atoms with van der Waals surface area (Å²) < 4.78 is 0. The number of benzene rings is 1. The Morgan fingerprint density at radius 3 is 2.35 bits per heavy atom. The van der Waals surface area contributed by atoms with Gasteiger partial charge in [0.15, 0.2) is 0 Å². The predicted molar refractivity (Wildman–Crippen MR) is 74.7 cm³/mol. The van der Waals surface area contributed by atoms with Gasteiger partial charge in [-0.25, -0.2) is 0 Å². The normalized spacial score (nSPS) is 15.8. The number of hydrogen-bond acceptors (Lipinski definition) is 1. The lowest BCUT2D eigenvalue weighted by Crippen LogP contribution is -2.27. The van der Waals surface area contributed by atoms with E-state index < -0.39 is 0 Å². The number of halogens is 1. The Labute approximate surface area is 110 Å². The Morgan fingerprint density at radius 2 is 1.88 bits per heavy atom. The number of alkyl halides is 1. The van der Waals surface area contributed by atoms with Gasteiger partial charge in [-0.15, -0.1) is 11.6 Å². The number of rotatable bonds is 6. The van der Waals surface area contributed by atoms with Crippen molar-refractivity contribution >= 4 is 11.6 Å². The summed E-state index contributed by atoms with van der Waals surface area (Å²) in [6, 6.07) is 9.83. The molecule has 1 aliphatic carbocycles. The minimum atomic E-state index is 0.617. The molecule has 1 nitrogen and oxygen atoms in total. The van der Waals surface area contributed by atoms with Gasteiger partial charge in [0.05, 0.1) is 0 Å². The quantitative estimate of drug-likeness (QED) is 0.691. The van der Waals surface area contributed by atoms with Gasteiger partial charge in [0.25, 0.3) is 0 Å². The minimum Gasteiger partial charge on any atom is -0.295 e. The van der Waals surface area contributed by atoms with E-state index in [1.807, 2.05) is 0 Å². The van der Waals surface area contributed by atoms with Crippen molar-refractivity contribution < 1.29 is 0 Å². The van der Waals surface area contributed by atoms with E-state index >= 15 is 0 Å². The predicted octanol–water partition coefficient (Wildman–Crippen LogP) is 4.01. The molecule has 17 heavy (non-hydrogen) atoms. The van der Waals surface area contributed by atoms with E-state index in [4.69, 9.17) is 11.6 Å². The van der Waals surface area contributed by atoms with Crippen molar-refractivity contribution in [2.24, 2.45) is 0 Å². The van der Waals surface area contributed by atoms with Crippen molar-refractivity contribution in [2.45, 2.75) is 45.2 Å². The van der Waals surface area contributed by atoms with Gasteiger partial charge in [0.1, 0.15) is 0 Å². The molecule has 0 atom stereocenters. The second-order valence-electron chi connectivity index (χ2n) is 5.29. The molecule has 0 amide bonds. The number of hydrogen-bond donors (Lipinski definition) is 0. The van der Waals surface area contributed by atoms with Crippen LogP contribution in [0.5, 0.6) is 0 Å². The molecule has 1 aromatic rings. The fraction of sp³-hybridized carbons (Fsp3) is 0.600. The molecule has 94 valence electrons. The first kappa shape index (κ1) is 12.9. The highest BCUT2D eigenvalue weighted by atomic mass is 35.5. The summed E-state index contributed by atoms with van der Waals surface area (Å²) in [5.41, 5.74) is 2.83. The van der Waals surface area contributed by atoms with Crippen LogP contribution in [-0.4, -0.2) is 23.4 Å². The molecular weight excluding hydrogens is 230 g/mol. The van der Waals surface area contributed by atoms with Gasteiger partial charge >= 0.3 is 0 Å². The second-order valence-corrected chi connectivity index (χ2v) is 5.66. The zero-order valence-electron chi connectivity index (χ0n) is 10.8. The zero-order chi connectivity index (χ0) is 12.3. The highest BCUT2D eigenvalue weighted by Crippen LogP contribution is 2.28. The van der Waals surface area contributed by atoms with Crippen LogP contribution in [0.3, 0.4) is 0 Å². The lowest BCUT2D eigenvalue weighted by molar-refractivity contribution is 0.271. The van der Waals surface area contributed by atoms with Crippen LogP contribution < -0.4 is 0 Å². The summed E-state index contributed by atoms with van der Waals surface area (Å²) in [5.74, 6) is 1.35. The Balaban J connectivity index is 1.96. The van der Waals surface area contributed by atoms with Crippen LogP contribution in [0, 0.1) is 0 Å². The molecule has 0 N–H and O–H groups in total. The van der Waals surface area contributed by atoms with E-state index in [1.54, 1.807) is 0 Å². The van der Waals surface area contributed by atoms with Gasteiger partial charge < -0.3 is 0 Å². The lowest BCUT2D eigenvalue weighted by Gasteiger charge is -2.21. The molecule has 0 spiro atoms. The molecule has 1 fully saturated rings. The molecule has 0 aliphatic heterocycles. The van der Waals surface area contributed by atoms with Crippen LogP contribution in [0.15, 0.2) is 24.3 Å². The van der Waals surface area contributed by atoms with Crippen molar-refractivity contribution in [1.29, 1.82) is 0 Å². The van der Waals surface area contributed by atoms with Gasteiger partial charge in [-0.1, -0.05) is 38.1 Å². The van der Waals surface area contributed by atoms with E-state index in [1.165, 1.54) is 24.0 Å². The standard InChI is InChI=1S/C15H22ClN/c1-12(2)14-5-3-13(4-6-14)11-17(10-9-16)15-7-8-15/h3-6,12,15H,7-11H2,1-2H3. The largest absolute Gasteiger partial charge is 0.295 e. The average molecular weight is 252 g/mol. The fourth-order valence-corrected chi connectivity index (χ4v) is 2.40. The van der Waals surface area contributed by atoms with E-state index in [0.717, 1.165) is 25.0 Å². The second kappa shape index (κ2) is 5.88. The van der Waals surface area contributed by atoms with Crippen molar-refractivity contribution in [3.05, 3.63) is 35.4 Å². The van der Waals surface area contributed by atoms with Crippen molar-refractivity contribution in [2.75, 3.05) is 12.4 Å². The maximum atomic E-state index is 5.86. The first-order valence-corrected chi connectivity index (χ1v) is 7.13. The first-order chi connectivity index (χ1) is 8.20. The van der Waals surface area contributed by atoms with Crippen LogP contribution in [0.4, 0.5) is 0 Å². The summed E-state index contributed by atoms with van der Waals surface area (Å²) in [6.07, 6.45) is 2.70. The van der Waals surface area contributed by atoms with Gasteiger partial charge in [0.2, 0.25) is 0 Å². The highest BCUT2D eigenvalue weighted by molar-refractivity contribution is 6.18. The average Bonchev–Trinajstić information content (AvgIpc) is 3.13. The molecule has 0 unspecified atom stereocenters. The van der Waals surface area contributed by atoms with Crippen molar-refractivity contribution in [3.63, 3.8) is 0 Å². The molecule has 0 heterocycles. The SMILES string of the molecule is CC(C)c1ccc(CN(CCCl)C2CC2)cc1. The Morgan fingerprint density at radius 1 is 1.24 bits per heavy atom. The molecule has 1 aliphatic rings. The van der Waals surface area contributed by atoms with E-state index in [2.05, 4.69) is 43.0 Å². The summed E-state index contributed by atoms with van der Waals surface area (Å²) in [7, 11) is 0. The molecular formula is C15H22ClN. The van der Waals surface area contributed by atoms with Crippen LogP contribution >= 0.6 is 11.6 Å². The molecule has 1 saturated carbocycles. The third-order valence-corrected chi connectivity index (χ3v) is 3.64. The smallest absolute Gasteiger partial charge is 0.0351 e. The number of nitrogens with zero attached hydrogens (tertiary/aromatic N) is 1. The lowest BCUT2D eigenvalue weighted by atomic mass is 10.0. The Kier molecular flexibility index (Phi) is 4.47. The van der Waals surface area contributed by atoms with E-state index in [-0.39, 0.29) is 0 Å². The zero-order valence-corrected chi connectivity index (χ0v) is 11.6. The third kappa shape index (κ3) is 3.72. The summed E-state index contributed by atoms with van der Waals surface area (Å²) >= 11 is 5.86. The minimum absolute atomic E-state index is 0.617. The Hall–Kier alpha value is -0.530. The molecule has 2 heteroatoms. The van der Waals surface area contributed by atoms with Crippen LogP contribution in [0.1, 0.15) is 43.7 Å². The first-order valence-electron chi connectivity index (χ1n) is 6.59. The molecule has 0 aromatic heterocycles. The van der Waals surface area contributed by atoms with Gasteiger partial charge in [-0.3, -0.25) is 4.90 Å². The van der Waals surface area contributed by atoms with Gasteiger partial charge in [0, 0.05) is 25.0 Å². The van der Waals surface area contributed by atoms with Crippen molar-refractivity contribution in [1.82, 2.24) is 4.90 Å². The topological polar surface area (TPSA) is 3.24 Å². The molecule has 0 saturated heterocycles. The molecule has 2 rings (SSSR count). The maximum absolute atomic E-state index is 5.86. The van der Waals surface area contributed by atoms with Gasteiger partial charge in [-0.05, 0) is 29.9 Å². The Bertz CT molecular complexity index is 340. The molecule has 1 aromatic carbocycles. The van der Waals surface area contributed by atoms with Crippen LogP contribution in [0.25, 0.3) is 0 Å². The van der Waals surface area contributed by atoms with E-state index in [9.17, 15) is 0 Å². The highest BCUT2D eigenvalue weighted by Gasteiger charge is 2.28. The van der Waals surface area contributed by atoms with Gasteiger partial charge in [-0.2, -0.15) is 0 Å². The third-order valence-electron chi connectivity index (χ3n) is 3.47. The fourth-order valence-electron chi connectivity index (χ4n) is 2.18. The molecule has 0 bridgehead atoms. The van der Waals surface area contributed by atoms with Crippen molar-refractivity contribution in [3.8, 4) is 0 Å². The van der Waals surface area contributed by atoms with E-state index in [0.29, 0.717) is 5.92 Å². The summed E-state index contributed by atoms with van der Waals surface area (Å²) in [4.78, 5) is 2.51. The van der Waals surface area contributed by atoms with Crippen LogP contribution in [0.2, 0.25) is 0 Å². The maximum Gasteiger partial charge on any atom is 0.0351 e. The summed E-state index contributed by atoms with van der Waals surface area (Å²) in [5, 5.41) is 0.